The summed E-state index contributed by atoms with van der Waals surface area (Å²) in [7, 11) is 0. The minimum Gasteiger partial charge on any atom is -0.492 e. The molecule has 2 N–H and O–H groups in total. The quantitative estimate of drug-likeness (QED) is 0.907. The molecule has 4 nitrogen and oxygen atoms in total. The van der Waals surface area contributed by atoms with Gasteiger partial charge < -0.3 is 10.5 Å². The van der Waals surface area contributed by atoms with Crippen molar-refractivity contribution in [1.29, 1.82) is 0 Å². The van der Waals surface area contributed by atoms with E-state index in [1.54, 1.807) is 0 Å². The van der Waals surface area contributed by atoms with Crippen LogP contribution in [0.4, 0.5) is 0 Å². The number of carbonyl (C=O) groups is 1. The fraction of sp³-hybridized carbons (Fsp3) is 0.467. The first-order valence-corrected chi connectivity index (χ1v) is 7.26. The van der Waals surface area contributed by atoms with Gasteiger partial charge >= 0.3 is 0 Å². The molecule has 0 saturated carbocycles. The second-order valence-electron chi connectivity index (χ2n) is 4.90. The van der Waals surface area contributed by atoms with Crippen molar-refractivity contribution in [3.8, 4) is 5.75 Å². The second-order valence-corrected chi connectivity index (χ2v) is 5.31. The Balaban J connectivity index is 2.11. The molecule has 1 aliphatic heterocycles. The van der Waals surface area contributed by atoms with E-state index in [4.69, 9.17) is 22.1 Å². The van der Waals surface area contributed by atoms with Crippen LogP contribution in [0.2, 0.25) is 5.02 Å². The van der Waals surface area contributed by atoms with E-state index in [9.17, 15) is 4.79 Å². The lowest BCUT2D eigenvalue weighted by Crippen LogP contribution is -2.47. The summed E-state index contributed by atoms with van der Waals surface area (Å²) in [6.45, 7) is 4.03. The minimum absolute atomic E-state index is 0.213. The molecule has 20 heavy (non-hydrogen) atoms. The summed E-state index contributed by atoms with van der Waals surface area (Å²) in [6, 6.07) is 5.51. The van der Waals surface area contributed by atoms with E-state index in [0.29, 0.717) is 23.9 Å². The number of likely N-dealkylation sites (tertiary alicyclic amines) is 1. The lowest BCUT2D eigenvalue weighted by atomic mass is 10.0. The summed E-state index contributed by atoms with van der Waals surface area (Å²) in [5.74, 6) is 0.422. The number of nitrogens with zero attached hydrogens (tertiary/aromatic N) is 1. The third-order valence-corrected chi connectivity index (χ3v) is 3.77. The lowest BCUT2D eigenvalue weighted by Gasteiger charge is -2.33. The number of halogens is 1. The highest BCUT2D eigenvalue weighted by Crippen LogP contribution is 2.27. The van der Waals surface area contributed by atoms with E-state index in [2.05, 4.69) is 11.3 Å². The average molecular weight is 296 g/mol. The molecule has 0 spiro atoms. The smallest absolute Gasteiger partial charge is 0.234 e. The number of hydrogen-bond donors (Lipinski definition) is 1. The predicted molar refractivity (Wildman–Crippen MR) is 79.5 cm³/mol. The van der Waals surface area contributed by atoms with Crippen LogP contribution in [0.1, 0.15) is 25.3 Å². The predicted octanol–water partition coefficient (Wildman–Crippen LogP) is 2.39. The van der Waals surface area contributed by atoms with Crippen molar-refractivity contribution in [3.05, 3.63) is 35.2 Å². The first-order chi connectivity index (χ1) is 9.61. The van der Waals surface area contributed by atoms with Crippen LogP contribution in [0.3, 0.4) is 0 Å². The summed E-state index contributed by atoms with van der Waals surface area (Å²) in [6.07, 6.45) is 3.83. The maximum atomic E-state index is 11.5. The first kappa shape index (κ1) is 15.1. The van der Waals surface area contributed by atoms with Gasteiger partial charge in [0.2, 0.25) is 5.91 Å². The van der Waals surface area contributed by atoms with Gasteiger partial charge in [-0.1, -0.05) is 17.7 Å². The first-order valence-electron chi connectivity index (χ1n) is 6.88. The van der Waals surface area contributed by atoms with Crippen molar-refractivity contribution in [2.24, 2.45) is 5.73 Å². The number of piperidine rings is 1. The van der Waals surface area contributed by atoms with E-state index < -0.39 is 0 Å². The van der Waals surface area contributed by atoms with Gasteiger partial charge in [0, 0.05) is 6.54 Å². The third-order valence-electron chi connectivity index (χ3n) is 3.46. The Labute approximate surface area is 124 Å². The summed E-state index contributed by atoms with van der Waals surface area (Å²) in [4.78, 5) is 13.6. The van der Waals surface area contributed by atoms with Gasteiger partial charge in [-0.05, 0) is 50.4 Å². The standard InChI is InChI=1S/C15H20ClN2O2/c1-2-20-14-9-11(6-7-12(14)16)10-18-8-4-3-5-13(18)15(17)19/h3,6-7,9,13H,2,4-5,8,10H2,1H3,(H2,17,19). The number of nitrogens with two attached hydrogens (primary N) is 1. The molecule has 1 amide bonds. The molecule has 1 unspecified atom stereocenters. The number of ether oxygens (including phenoxy) is 1. The van der Waals surface area contributed by atoms with Crippen LogP contribution in [0, 0.1) is 6.42 Å². The van der Waals surface area contributed by atoms with Gasteiger partial charge in [0.05, 0.1) is 17.7 Å². The van der Waals surface area contributed by atoms with Gasteiger partial charge in [-0.3, -0.25) is 9.69 Å². The molecular weight excluding hydrogens is 276 g/mol. The van der Waals surface area contributed by atoms with Crippen LogP contribution >= 0.6 is 11.6 Å². The summed E-state index contributed by atoms with van der Waals surface area (Å²) >= 11 is 6.08. The van der Waals surface area contributed by atoms with Gasteiger partial charge in [0.25, 0.3) is 0 Å². The normalized spacial score (nSPS) is 19.8. The highest BCUT2D eigenvalue weighted by molar-refractivity contribution is 6.32. The van der Waals surface area contributed by atoms with Gasteiger partial charge in [0.15, 0.2) is 0 Å². The Morgan fingerprint density at radius 1 is 1.55 bits per heavy atom. The Kier molecular flexibility index (Phi) is 5.26. The molecule has 2 rings (SSSR count). The highest BCUT2D eigenvalue weighted by Gasteiger charge is 2.26. The molecule has 0 aromatic heterocycles. The largest absolute Gasteiger partial charge is 0.492 e. The van der Waals surface area contributed by atoms with Gasteiger partial charge in [-0.15, -0.1) is 0 Å². The SMILES string of the molecule is CCOc1cc(CN2CC[CH]CC2C(N)=O)ccc1Cl. The fourth-order valence-corrected chi connectivity index (χ4v) is 2.64. The summed E-state index contributed by atoms with van der Waals surface area (Å²) in [5, 5.41) is 0.606. The van der Waals surface area contributed by atoms with Crippen LogP contribution in [-0.4, -0.2) is 30.0 Å². The van der Waals surface area contributed by atoms with Crippen molar-refractivity contribution < 1.29 is 9.53 Å². The van der Waals surface area contributed by atoms with Crippen LogP contribution in [0.25, 0.3) is 0 Å². The fourth-order valence-electron chi connectivity index (χ4n) is 2.47. The van der Waals surface area contributed by atoms with E-state index in [1.807, 2.05) is 25.1 Å². The zero-order chi connectivity index (χ0) is 14.5. The molecule has 1 fully saturated rings. The Hall–Kier alpha value is -1.26. The van der Waals surface area contributed by atoms with Crippen LogP contribution in [-0.2, 0) is 11.3 Å². The lowest BCUT2D eigenvalue weighted by molar-refractivity contribution is -0.124. The maximum absolute atomic E-state index is 11.5. The molecule has 1 aromatic carbocycles. The molecule has 5 heteroatoms. The van der Waals surface area contributed by atoms with E-state index in [1.165, 1.54) is 0 Å². The molecule has 1 aliphatic rings. The monoisotopic (exact) mass is 295 g/mol. The van der Waals surface area contributed by atoms with Crippen LogP contribution in [0.5, 0.6) is 5.75 Å². The Morgan fingerprint density at radius 2 is 2.35 bits per heavy atom. The van der Waals surface area contributed by atoms with Crippen LogP contribution < -0.4 is 10.5 Å². The molecule has 109 valence electrons. The van der Waals surface area contributed by atoms with E-state index in [0.717, 1.165) is 24.9 Å². The van der Waals surface area contributed by atoms with Crippen LogP contribution in [0.15, 0.2) is 18.2 Å². The molecule has 1 aromatic rings. The topological polar surface area (TPSA) is 55.6 Å². The maximum Gasteiger partial charge on any atom is 0.234 e. The molecule has 0 bridgehead atoms. The molecular formula is C15H20ClN2O2. The minimum atomic E-state index is -0.264. The Bertz CT molecular complexity index is 479. The number of amides is 1. The van der Waals surface area contributed by atoms with Crippen molar-refractivity contribution in [2.45, 2.75) is 32.4 Å². The van der Waals surface area contributed by atoms with E-state index >= 15 is 0 Å². The number of benzene rings is 1. The number of hydrogen-bond acceptors (Lipinski definition) is 3. The van der Waals surface area contributed by atoms with Crippen molar-refractivity contribution in [3.63, 3.8) is 0 Å². The number of rotatable bonds is 5. The molecule has 1 saturated heterocycles. The average Bonchev–Trinajstić information content (AvgIpc) is 2.43. The number of carbonyl (C=O) groups excluding carboxylic acids is 1. The van der Waals surface area contributed by atoms with Gasteiger partial charge in [-0.25, -0.2) is 0 Å². The molecule has 0 aliphatic carbocycles. The van der Waals surface area contributed by atoms with Crippen molar-refractivity contribution in [2.75, 3.05) is 13.2 Å². The summed E-state index contributed by atoms with van der Waals surface area (Å²) in [5.41, 5.74) is 6.54. The third kappa shape index (κ3) is 3.64. The Morgan fingerprint density at radius 3 is 3.05 bits per heavy atom. The molecule has 1 radical (unpaired) electrons. The highest BCUT2D eigenvalue weighted by atomic mass is 35.5. The zero-order valence-corrected chi connectivity index (χ0v) is 12.4. The zero-order valence-electron chi connectivity index (χ0n) is 11.6. The van der Waals surface area contributed by atoms with Gasteiger partial charge in [-0.2, -0.15) is 0 Å². The number of primary amides is 1. The van der Waals surface area contributed by atoms with Crippen molar-refractivity contribution in [1.82, 2.24) is 4.90 Å². The van der Waals surface area contributed by atoms with Crippen molar-refractivity contribution >= 4 is 17.5 Å². The second kappa shape index (κ2) is 6.95. The molecule has 1 heterocycles. The molecule has 1 atom stereocenters. The van der Waals surface area contributed by atoms with E-state index in [-0.39, 0.29) is 11.9 Å². The summed E-state index contributed by atoms with van der Waals surface area (Å²) < 4.78 is 5.49. The van der Waals surface area contributed by atoms with Gasteiger partial charge in [0.1, 0.15) is 5.75 Å².